The predicted octanol–water partition coefficient (Wildman–Crippen LogP) is 4.84. The van der Waals surface area contributed by atoms with Gasteiger partial charge in [-0.2, -0.15) is 0 Å². The molecule has 0 aliphatic heterocycles. The smallest absolute Gasteiger partial charge is 0.294 e. The highest BCUT2D eigenvalue weighted by Gasteiger charge is 2.20. The Bertz CT molecular complexity index is 1390. The van der Waals surface area contributed by atoms with E-state index in [0.717, 1.165) is 35.1 Å². The quantitative estimate of drug-likeness (QED) is 0.457. The molecule has 0 fully saturated rings. The molecule has 0 aliphatic carbocycles. The Morgan fingerprint density at radius 3 is 2.33 bits per heavy atom. The van der Waals surface area contributed by atoms with E-state index >= 15 is 0 Å². The number of fused-ring (bicyclic) bond motifs is 1. The fraction of sp³-hybridized carbons (Fsp3) is 0.0500. The Kier molecular flexibility index (Phi) is 5.35. The van der Waals surface area contributed by atoms with Crippen LogP contribution in [0.3, 0.4) is 0 Å². The SMILES string of the molecule is O=c1sc2cc(S(=O)(=O)Nc3c(F)cccc3F)ccc2n1Cc1ccc(Cl)cc1. The maximum Gasteiger partial charge on any atom is 0.308 e. The zero-order chi connectivity index (χ0) is 21.5. The predicted molar refractivity (Wildman–Crippen MR) is 114 cm³/mol. The molecule has 0 aliphatic rings. The lowest BCUT2D eigenvalue weighted by Gasteiger charge is -2.10. The first-order valence-electron chi connectivity index (χ1n) is 8.59. The van der Waals surface area contributed by atoms with Crippen LogP contribution < -0.4 is 9.60 Å². The summed E-state index contributed by atoms with van der Waals surface area (Å²) in [7, 11) is -4.27. The number of thiazole rings is 1. The van der Waals surface area contributed by atoms with Gasteiger partial charge in [0.15, 0.2) is 0 Å². The second kappa shape index (κ2) is 7.82. The molecule has 0 atom stereocenters. The molecule has 1 N–H and O–H groups in total. The van der Waals surface area contributed by atoms with Gasteiger partial charge in [-0.05, 0) is 48.0 Å². The van der Waals surface area contributed by atoms with Crippen LogP contribution in [0, 0.1) is 11.6 Å². The average Bonchev–Trinajstić information content (AvgIpc) is 3.01. The van der Waals surface area contributed by atoms with Crippen LogP contribution in [-0.4, -0.2) is 13.0 Å². The lowest BCUT2D eigenvalue weighted by Crippen LogP contribution is -2.15. The van der Waals surface area contributed by atoms with Gasteiger partial charge in [-0.25, -0.2) is 17.2 Å². The summed E-state index contributed by atoms with van der Waals surface area (Å²) >= 11 is 6.77. The third kappa shape index (κ3) is 3.96. The van der Waals surface area contributed by atoms with Crippen molar-refractivity contribution in [2.24, 2.45) is 0 Å². The maximum atomic E-state index is 13.8. The highest BCUT2D eigenvalue weighted by Crippen LogP contribution is 2.26. The van der Waals surface area contributed by atoms with E-state index in [4.69, 9.17) is 11.6 Å². The van der Waals surface area contributed by atoms with E-state index in [2.05, 4.69) is 0 Å². The number of aromatic nitrogens is 1. The first-order valence-corrected chi connectivity index (χ1v) is 11.3. The van der Waals surface area contributed by atoms with Gasteiger partial charge in [-0.1, -0.05) is 41.1 Å². The molecule has 5 nitrogen and oxygen atoms in total. The molecule has 0 saturated heterocycles. The molecule has 1 heterocycles. The number of para-hydroxylation sites is 1. The van der Waals surface area contributed by atoms with Crippen LogP contribution in [0.25, 0.3) is 10.2 Å². The second-order valence-electron chi connectivity index (χ2n) is 6.41. The van der Waals surface area contributed by atoms with Gasteiger partial charge in [0.25, 0.3) is 10.0 Å². The van der Waals surface area contributed by atoms with Crippen LogP contribution in [0.1, 0.15) is 5.56 Å². The molecule has 1 aromatic heterocycles. The summed E-state index contributed by atoms with van der Waals surface area (Å²) in [5.41, 5.74) is 0.650. The fourth-order valence-corrected chi connectivity index (χ4v) is 5.16. The first-order chi connectivity index (χ1) is 14.2. The number of sulfonamides is 1. The zero-order valence-corrected chi connectivity index (χ0v) is 17.5. The van der Waals surface area contributed by atoms with Crippen molar-refractivity contribution in [1.82, 2.24) is 4.57 Å². The number of anilines is 1. The van der Waals surface area contributed by atoms with Crippen LogP contribution in [0.5, 0.6) is 0 Å². The lowest BCUT2D eigenvalue weighted by atomic mass is 10.2. The van der Waals surface area contributed by atoms with E-state index in [0.29, 0.717) is 21.8 Å². The molecule has 0 spiro atoms. The molecular formula is C20H13ClF2N2O3S2. The summed E-state index contributed by atoms with van der Waals surface area (Å²) in [6.45, 7) is 0.292. The van der Waals surface area contributed by atoms with Crippen molar-refractivity contribution in [3.8, 4) is 0 Å². The van der Waals surface area contributed by atoms with E-state index in [1.165, 1.54) is 22.8 Å². The molecule has 3 aromatic carbocycles. The van der Waals surface area contributed by atoms with E-state index in [9.17, 15) is 22.0 Å². The van der Waals surface area contributed by atoms with Crippen molar-refractivity contribution >= 4 is 48.9 Å². The van der Waals surface area contributed by atoms with Crippen molar-refractivity contribution in [2.75, 3.05) is 4.72 Å². The molecule has 0 bridgehead atoms. The van der Waals surface area contributed by atoms with Crippen molar-refractivity contribution in [2.45, 2.75) is 11.4 Å². The number of rotatable bonds is 5. The first kappa shape index (κ1) is 20.5. The van der Waals surface area contributed by atoms with Gasteiger partial charge in [0.2, 0.25) is 0 Å². The maximum absolute atomic E-state index is 13.8. The van der Waals surface area contributed by atoms with Crippen molar-refractivity contribution in [3.63, 3.8) is 0 Å². The molecule has 154 valence electrons. The van der Waals surface area contributed by atoms with Gasteiger partial charge in [0, 0.05) is 5.02 Å². The largest absolute Gasteiger partial charge is 0.308 e. The molecule has 4 rings (SSSR count). The molecule has 0 unspecified atom stereocenters. The minimum Gasteiger partial charge on any atom is -0.294 e. The topological polar surface area (TPSA) is 68.2 Å². The van der Waals surface area contributed by atoms with Gasteiger partial charge in [-0.3, -0.25) is 14.1 Å². The molecule has 0 radical (unpaired) electrons. The van der Waals surface area contributed by atoms with E-state index < -0.39 is 27.3 Å². The van der Waals surface area contributed by atoms with Gasteiger partial charge in [-0.15, -0.1) is 0 Å². The van der Waals surface area contributed by atoms with Gasteiger partial charge >= 0.3 is 4.87 Å². The number of benzene rings is 3. The summed E-state index contributed by atoms with van der Waals surface area (Å²) in [6.07, 6.45) is 0. The Hall–Kier alpha value is -2.75. The Balaban J connectivity index is 1.70. The molecule has 4 aromatic rings. The van der Waals surface area contributed by atoms with Crippen LogP contribution in [0.4, 0.5) is 14.5 Å². The van der Waals surface area contributed by atoms with Crippen LogP contribution in [0.2, 0.25) is 5.02 Å². The number of nitrogens with zero attached hydrogens (tertiary/aromatic N) is 1. The molecule has 10 heteroatoms. The summed E-state index contributed by atoms with van der Waals surface area (Å²) in [5, 5.41) is 0.579. The third-order valence-electron chi connectivity index (χ3n) is 4.40. The van der Waals surface area contributed by atoms with Crippen molar-refractivity contribution in [1.29, 1.82) is 0 Å². The summed E-state index contributed by atoms with van der Waals surface area (Å²) in [4.78, 5) is 12.0. The third-order valence-corrected chi connectivity index (χ3v) is 6.94. The lowest BCUT2D eigenvalue weighted by molar-refractivity contribution is 0.583. The van der Waals surface area contributed by atoms with Gasteiger partial charge in [0.05, 0.1) is 21.7 Å². The normalized spacial score (nSPS) is 11.7. The average molecular weight is 467 g/mol. The molecule has 0 amide bonds. The van der Waals surface area contributed by atoms with Crippen molar-refractivity contribution in [3.05, 3.63) is 92.6 Å². The highest BCUT2D eigenvalue weighted by molar-refractivity contribution is 7.92. The number of hydrogen-bond donors (Lipinski definition) is 1. The van der Waals surface area contributed by atoms with Crippen molar-refractivity contribution < 1.29 is 17.2 Å². The summed E-state index contributed by atoms with van der Waals surface area (Å²) in [5.74, 6) is -2.06. The Labute approximate surface area is 179 Å². The minimum atomic E-state index is -4.27. The van der Waals surface area contributed by atoms with Crippen LogP contribution in [-0.2, 0) is 16.6 Å². The Morgan fingerprint density at radius 1 is 1.00 bits per heavy atom. The van der Waals surface area contributed by atoms with E-state index in [1.54, 1.807) is 24.3 Å². The number of nitrogens with one attached hydrogen (secondary N) is 1. The molecule has 30 heavy (non-hydrogen) atoms. The monoisotopic (exact) mass is 466 g/mol. The van der Waals surface area contributed by atoms with Crippen LogP contribution in [0.15, 0.2) is 70.4 Å². The van der Waals surface area contributed by atoms with E-state index in [-0.39, 0.29) is 9.77 Å². The zero-order valence-electron chi connectivity index (χ0n) is 15.1. The van der Waals surface area contributed by atoms with E-state index in [1.807, 2.05) is 4.72 Å². The standard InChI is InChI=1S/C20H13ClF2N2O3S2/c21-13-6-4-12(5-7-13)11-25-17-9-8-14(10-18(17)29-20(25)26)30(27,28)24-19-15(22)2-1-3-16(19)23/h1-10,24H,11H2. The summed E-state index contributed by atoms with van der Waals surface area (Å²) < 4.78 is 56.8. The van der Waals surface area contributed by atoms with Gasteiger partial charge in [0.1, 0.15) is 17.3 Å². The minimum absolute atomic E-state index is 0.211. The summed E-state index contributed by atoms with van der Waals surface area (Å²) in [6, 6.07) is 14.1. The second-order valence-corrected chi connectivity index (χ2v) is 9.52. The molecule has 0 saturated carbocycles. The van der Waals surface area contributed by atoms with Gasteiger partial charge < -0.3 is 0 Å². The molecular weight excluding hydrogens is 454 g/mol. The fourth-order valence-electron chi connectivity index (χ4n) is 2.92. The highest BCUT2D eigenvalue weighted by atomic mass is 35.5. The Morgan fingerprint density at radius 2 is 1.67 bits per heavy atom. The van der Waals surface area contributed by atoms with Crippen LogP contribution >= 0.6 is 22.9 Å². The number of halogens is 3. The number of hydrogen-bond acceptors (Lipinski definition) is 4.